The Labute approximate surface area is 166 Å². The van der Waals surface area contributed by atoms with Gasteiger partial charge in [-0.25, -0.2) is 0 Å². The van der Waals surface area contributed by atoms with Gasteiger partial charge in [0.25, 0.3) is 0 Å². The average Bonchev–Trinajstić information content (AvgIpc) is 2.77. The normalized spacial score (nSPS) is 10.6. The van der Waals surface area contributed by atoms with Crippen molar-refractivity contribution in [2.75, 3.05) is 11.4 Å². The standard InChI is InChI=1S/C25H23N3/c1-20-8-5-13-25(21-9-3-2-4-10-21)24(20)14-17-28(22-11-6-15-26-18-22)23-12-7-16-27-19-23/h2-13,15-16,18-19H,14,17H2,1H3. The van der Waals surface area contributed by atoms with Crippen LogP contribution in [0.15, 0.2) is 97.6 Å². The summed E-state index contributed by atoms with van der Waals surface area (Å²) in [5.74, 6) is 0. The molecule has 0 aliphatic carbocycles. The summed E-state index contributed by atoms with van der Waals surface area (Å²) in [7, 11) is 0. The van der Waals surface area contributed by atoms with Gasteiger partial charge in [-0.3, -0.25) is 9.97 Å². The molecule has 0 unspecified atom stereocenters. The Bertz CT molecular complexity index is 976. The summed E-state index contributed by atoms with van der Waals surface area (Å²) in [6.07, 6.45) is 8.35. The fourth-order valence-corrected chi connectivity index (χ4v) is 3.58. The minimum absolute atomic E-state index is 0.849. The molecule has 0 aliphatic heterocycles. The van der Waals surface area contributed by atoms with Crippen LogP contribution in [-0.4, -0.2) is 16.5 Å². The monoisotopic (exact) mass is 365 g/mol. The largest absolute Gasteiger partial charge is 0.339 e. The van der Waals surface area contributed by atoms with Gasteiger partial charge in [0, 0.05) is 18.9 Å². The van der Waals surface area contributed by atoms with Crippen LogP contribution in [0.2, 0.25) is 0 Å². The van der Waals surface area contributed by atoms with E-state index in [4.69, 9.17) is 0 Å². The molecule has 0 bridgehead atoms. The van der Waals surface area contributed by atoms with E-state index >= 15 is 0 Å². The number of aryl methyl sites for hydroxylation is 1. The molecule has 0 saturated carbocycles. The van der Waals surface area contributed by atoms with E-state index < -0.39 is 0 Å². The maximum Gasteiger partial charge on any atom is 0.0597 e. The van der Waals surface area contributed by atoms with Crippen molar-refractivity contribution < 1.29 is 0 Å². The molecule has 0 saturated heterocycles. The van der Waals surface area contributed by atoms with Crippen LogP contribution < -0.4 is 4.90 Å². The Morgan fingerprint density at radius 3 is 2.00 bits per heavy atom. The van der Waals surface area contributed by atoms with Gasteiger partial charge in [0.15, 0.2) is 0 Å². The maximum atomic E-state index is 4.31. The Hall–Kier alpha value is -3.46. The second-order valence-electron chi connectivity index (χ2n) is 6.79. The van der Waals surface area contributed by atoms with E-state index in [9.17, 15) is 0 Å². The molecule has 28 heavy (non-hydrogen) atoms. The topological polar surface area (TPSA) is 29.0 Å². The quantitative estimate of drug-likeness (QED) is 0.430. The lowest BCUT2D eigenvalue weighted by Gasteiger charge is -2.25. The Kier molecular flexibility index (Phi) is 5.43. The number of hydrogen-bond acceptors (Lipinski definition) is 3. The van der Waals surface area contributed by atoms with E-state index in [-0.39, 0.29) is 0 Å². The molecule has 0 spiro atoms. The van der Waals surface area contributed by atoms with E-state index in [1.807, 2.05) is 24.5 Å². The first-order chi connectivity index (χ1) is 13.8. The van der Waals surface area contributed by atoms with Gasteiger partial charge in [-0.2, -0.15) is 0 Å². The third kappa shape index (κ3) is 3.94. The van der Waals surface area contributed by atoms with E-state index in [2.05, 4.69) is 82.5 Å². The number of benzene rings is 2. The van der Waals surface area contributed by atoms with E-state index in [1.54, 1.807) is 12.4 Å². The van der Waals surface area contributed by atoms with Crippen LogP contribution in [-0.2, 0) is 6.42 Å². The fraction of sp³-hybridized carbons (Fsp3) is 0.120. The highest BCUT2D eigenvalue weighted by Gasteiger charge is 2.13. The van der Waals surface area contributed by atoms with Crippen molar-refractivity contribution in [1.29, 1.82) is 0 Å². The zero-order valence-electron chi connectivity index (χ0n) is 16.0. The van der Waals surface area contributed by atoms with Crippen molar-refractivity contribution in [3.8, 4) is 11.1 Å². The predicted molar refractivity (Wildman–Crippen MR) is 116 cm³/mol. The lowest BCUT2D eigenvalue weighted by Crippen LogP contribution is -2.21. The van der Waals surface area contributed by atoms with Crippen molar-refractivity contribution in [3.05, 3.63) is 109 Å². The van der Waals surface area contributed by atoms with Crippen molar-refractivity contribution in [2.45, 2.75) is 13.3 Å². The van der Waals surface area contributed by atoms with Gasteiger partial charge in [-0.05, 0) is 59.9 Å². The third-order valence-electron chi connectivity index (χ3n) is 5.00. The Morgan fingerprint density at radius 1 is 0.714 bits per heavy atom. The van der Waals surface area contributed by atoms with Crippen LogP contribution in [0.5, 0.6) is 0 Å². The molecule has 0 aliphatic rings. The van der Waals surface area contributed by atoms with Gasteiger partial charge in [-0.15, -0.1) is 0 Å². The minimum Gasteiger partial charge on any atom is -0.339 e. The van der Waals surface area contributed by atoms with Gasteiger partial charge >= 0.3 is 0 Å². The number of aromatic nitrogens is 2. The SMILES string of the molecule is Cc1cccc(-c2ccccc2)c1CCN(c1cccnc1)c1cccnc1. The molecule has 2 aromatic carbocycles. The van der Waals surface area contributed by atoms with E-state index in [0.717, 1.165) is 24.3 Å². The van der Waals surface area contributed by atoms with Crippen LogP contribution in [0.1, 0.15) is 11.1 Å². The molecule has 0 N–H and O–H groups in total. The maximum absolute atomic E-state index is 4.31. The summed E-state index contributed by atoms with van der Waals surface area (Å²) >= 11 is 0. The van der Waals surface area contributed by atoms with Gasteiger partial charge in [-0.1, -0.05) is 48.5 Å². The smallest absolute Gasteiger partial charge is 0.0597 e. The number of nitrogens with zero attached hydrogens (tertiary/aromatic N) is 3. The van der Waals surface area contributed by atoms with Crippen LogP contribution in [0.3, 0.4) is 0 Å². The summed E-state index contributed by atoms with van der Waals surface area (Å²) in [5, 5.41) is 0. The highest BCUT2D eigenvalue weighted by Crippen LogP contribution is 2.29. The highest BCUT2D eigenvalue weighted by atomic mass is 15.1. The molecule has 3 nitrogen and oxygen atoms in total. The lowest BCUT2D eigenvalue weighted by atomic mass is 9.93. The van der Waals surface area contributed by atoms with Crippen LogP contribution in [0.25, 0.3) is 11.1 Å². The number of anilines is 2. The van der Waals surface area contributed by atoms with Crippen molar-refractivity contribution in [2.24, 2.45) is 0 Å². The molecule has 3 heteroatoms. The van der Waals surface area contributed by atoms with E-state index in [1.165, 1.54) is 22.3 Å². The van der Waals surface area contributed by atoms with Crippen molar-refractivity contribution >= 4 is 11.4 Å². The highest BCUT2D eigenvalue weighted by molar-refractivity contribution is 5.69. The number of rotatable bonds is 6. The summed E-state index contributed by atoms with van der Waals surface area (Å²) < 4.78 is 0. The molecule has 0 radical (unpaired) electrons. The Morgan fingerprint density at radius 2 is 1.39 bits per heavy atom. The summed E-state index contributed by atoms with van der Waals surface area (Å²) in [4.78, 5) is 10.9. The third-order valence-corrected chi connectivity index (χ3v) is 5.00. The van der Waals surface area contributed by atoms with Gasteiger partial charge in [0.2, 0.25) is 0 Å². The zero-order valence-corrected chi connectivity index (χ0v) is 16.0. The van der Waals surface area contributed by atoms with Crippen LogP contribution in [0, 0.1) is 6.92 Å². The van der Waals surface area contributed by atoms with Crippen molar-refractivity contribution in [3.63, 3.8) is 0 Å². The average molecular weight is 365 g/mol. The van der Waals surface area contributed by atoms with Crippen LogP contribution >= 0.6 is 0 Å². The molecule has 138 valence electrons. The first-order valence-electron chi connectivity index (χ1n) is 9.54. The van der Waals surface area contributed by atoms with Crippen molar-refractivity contribution in [1.82, 2.24) is 9.97 Å². The molecule has 0 atom stereocenters. The number of hydrogen-bond donors (Lipinski definition) is 0. The molecule has 0 amide bonds. The van der Waals surface area contributed by atoms with Gasteiger partial charge in [0.05, 0.1) is 23.8 Å². The summed E-state index contributed by atoms with van der Waals surface area (Å²) in [6, 6.07) is 25.3. The van der Waals surface area contributed by atoms with Gasteiger partial charge < -0.3 is 4.90 Å². The fourth-order valence-electron chi connectivity index (χ4n) is 3.58. The molecule has 2 aromatic heterocycles. The molecule has 4 aromatic rings. The molecule has 4 rings (SSSR count). The van der Waals surface area contributed by atoms with Gasteiger partial charge in [0.1, 0.15) is 0 Å². The number of pyridine rings is 2. The zero-order chi connectivity index (χ0) is 19.2. The summed E-state index contributed by atoms with van der Waals surface area (Å²) in [5.41, 5.74) is 7.41. The van der Waals surface area contributed by atoms with E-state index in [0.29, 0.717) is 0 Å². The molecular weight excluding hydrogens is 342 g/mol. The van der Waals surface area contributed by atoms with Crippen LogP contribution in [0.4, 0.5) is 11.4 Å². The lowest BCUT2D eigenvalue weighted by molar-refractivity contribution is 0.902. The Balaban J connectivity index is 1.67. The minimum atomic E-state index is 0.849. The first kappa shape index (κ1) is 17.9. The summed E-state index contributed by atoms with van der Waals surface area (Å²) in [6.45, 7) is 3.04. The molecule has 2 heterocycles. The second kappa shape index (κ2) is 8.49. The predicted octanol–water partition coefficient (Wildman–Crippen LogP) is 5.83. The first-order valence-corrected chi connectivity index (χ1v) is 9.54. The molecule has 0 fully saturated rings. The molecular formula is C25H23N3. The second-order valence-corrected chi connectivity index (χ2v) is 6.79.